The van der Waals surface area contributed by atoms with E-state index in [1.165, 1.54) is 0 Å². The average Bonchev–Trinajstić information content (AvgIpc) is 2.46. The number of hydrogen-bond donors (Lipinski definition) is 2. The molecular formula is C15H15Br2N3O. The molecule has 0 saturated heterocycles. The smallest absolute Gasteiger partial charge is 0.118 e. The topological polar surface area (TPSA) is 58.0 Å². The van der Waals surface area contributed by atoms with Crippen molar-refractivity contribution in [1.82, 2.24) is 4.98 Å². The van der Waals surface area contributed by atoms with Gasteiger partial charge in [-0.3, -0.25) is 0 Å². The van der Waals surface area contributed by atoms with Gasteiger partial charge >= 0.3 is 0 Å². The van der Waals surface area contributed by atoms with Gasteiger partial charge in [-0.05, 0) is 62.5 Å². The third-order valence-corrected chi connectivity index (χ3v) is 3.96. The first kappa shape index (κ1) is 16.0. The molecule has 0 aliphatic rings. The van der Waals surface area contributed by atoms with Gasteiger partial charge in [-0.1, -0.05) is 12.1 Å². The summed E-state index contributed by atoms with van der Waals surface area (Å²) < 4.78 is 6.72. The number of aromatic nitrogens is 1. The van der Waals surface area contributed by atoms with Crippen molar-refractivity contribution >= 4 is 43.3 Å². The van der Waals surface area contributed by atoms with E-state index in [0.717, 1.165) is 21.5 Å². The van der Waals surface area contributed by atoms with Crippen molar-refractivity contribution in [1.29, 1.82) is 5.41 Å². The van der Waals surface area contributed by atoms with E-state index in [2.05, 4.69) is 42.2 Å². The molecule has 110 valence electrons. The van der Waals surface area contributed by atoms with Crippen LogP contribution < -0.4 is 10.1 Å². The lowest BCUT2D eigenvalue weighted by Crippen LogP contribution is -2.08. The molecule has 1 heterocycles. The molecule has 6 heteroatoms. The maximum atomic E-state index is 7.85. The number of rotatable bonds is 5. The summed E-state index contributed by atoms with van der Waals surface area (Å²) >= 11 is 6.86. The van der Waals surface area contributed by atoms with Crippen LogP contribution in [-0.4, -0.2) is 17.8 Å². The minimum absolute atomic E-state index is 0.411. The summed E-state index contributed by atoms with van der Waals surface area (Å²) in [6, 6.07) is 9.72. The number of nitrogens with one attached hydrogen (secondary N) is 2. The number of methoxy groups -OCH3 is 1. The molecule has 21 heavy (non-hydrogen) atoms. The zero-order valence-electron chi connectivity index (χ0n) is 11.7. The third-order valence-electron chi connectivity index (χ3n) is 2.92. The Morgan fingerprint density at radius 1 is 1.29 bits per heavy atom. The summed E-state index contributed by atoms with van der Waals surface area (Å²) in [4.78, 5) is 4.35. The first-order chi connectivity index (χ1) is 10.0. The molecule has 0 unspecified atom stereocenters. The predicted octanol–water partition coefficient (Wildman–Crippen LogP) is 4.62. The second kappa shape index (κ2) is 7.04. The fourth-order valence-corrected chi connectivity index (χ4v) is 3.12. The van der Waals surface area contributed by atoms with Crippen molar-refractivity contribution in [3.05, 3.63) is 50.7 Å². The van der Waals surface area contributed by atoms with Gasteiger partial charge in [-0.25, -0.2) is 4.98 Å². The van der Waals surface area contributed by atoms with Crippen molar-refractivity contribution in [2.75, 3.05) is 12.4 Å². The van der Waals surface area contributed by atoms with Gasteiger partial charge in [0.1, 0.15) is 16.0 Å². The monoisotopic (exact) mass is 411 g/mol. The summed E-state index contributed by atoms with van der Waals surface area (Å²) in [5, 5.41) is 11.2. The Kier molecular flexibility index (Phi) is 5.36. The highest BCUT2D eigenvalue weighted by Crippen LogP contribution is 2.29. The van der Waals surface area contributed by atoms with E-state index in [-0.39, 0.29) is 0 Å². The van der Waals surface area contributed by atoms with E-state index < -0.39 is 0 Å². The van der Waals surface area contributed by atoms with Crippen LogP contribution in [0.25, 0.3) is 0 Å². The molecule has 0 saturated carbocycles. The quantitative estimate of drug-likeness (QED) is 0.556. The van der Waals surface area contributed by atoms with Gasteiger partial charge in [0, 0.05) is 11.0 Å². The van der Waals surface area contributed by atoms with Gasteiger partial charge in [-0.2, -0.15) is 0 Å². The Hall–Kier alpha value is -1.40. The second-order valence-corrected chi connectivity index (χ2v) is 6.14. The number of ether oxygens (including phenoxy) is 1. The van der Waals surface area contributed by atoms with E-state index in [1.807, 2.05) is 30.3 Å². The Bertz CT molecular complexity index is 657. The molecule has 2 rings (SSSR count). The van der Waals surface area contributed by atoms with Crippen molar-refractivity contribution in [2.24, 2.45) is 0 Å². The minimum atomic E-state index is 0.411. The molecule has 0 aliphatic heterocycles. The molecule has 1 aromatic heterocycles. The van der Waals surface area contributed by atoms with Crippen LogP contribution in [0.2, 0.25) is 0 Å². The highest BCUT2D eigenvalue weighted by atomic mass is 79.9. The standard InChI is InChI=1S/C15H15Br2N3O/c1-9(18)14-15(12(16)7-13(17)20-14)19-8-10-3-5-11(21-2)6-4-10/h3-7,18-19H,8H2,1-2H3. The molecule has 2 aromatic rings. The summed E-state index contributed by atoms with van der Waals surface area (Å²) in [5.74, 6) is 0.835. The number of benzene rings is 1. The lowest BCUT2D eigenvalue weighted by atomic mass is 10.2. The molecule has 0 aliphatic carbocycles. The first-order valence-corrected chi connectivity index (χ1v) is 7.88. The van der Waals surface area contributed by atoms with Crippen molar-refractivity contribution < 1.29 is 4.74 Å². The molecular weight excluding hydrogens is 398 g/mol. The SMILES string of the molecule is COc1ccc(CNc2c(Br)cc(Br)nc2C(C)=N)cc1. The van der Waals surface area contributed by atoms with Crippen LogP contribution in [0.4, 0.5) is 5.69 Å². The van der Waals surface area contributed by atoms with Gasteiger partial charge in [0.25, 0.3) is 0 Å². The maximum Gasteiger partial charge on any atom is 0.118 e. The van der Waals surface area contributed by atoms with Gasteiger partial charge in [0.2, 0.25) is 0 Å². The van der Waals surface area contributed by atoms with E-state index in [4.69, 9.17) is 10.1 Å². The van der Waals surface area contributed by atoms with Crippen molar-refractivity contribution in [3.63, 3.8) is 0 Å². The van der Waals surface area contributed by atoms with Crippen LogP contribution in [0.5, 0.6) is 5.75 Å². The van der Waals surface area contributed by atoms with Gasteiger partial charge < -0.3 is 15.5 Å². The second-order valence-electron chi connectivity index (χ2n) is 4.48. The lowest BCUT2D eigenvalue weighted by Gasteiger charge is -2.13. The normalized spacial score (nSPS) is 10.3. The van der Waals surface area contributed by atoms with Crippen molar-refractivity contribution in [2.45, 2.75) is 13.5 Å². The van der Waals surface area contributed by atoms with E-state index in [1.54, 1.807) is 14.0 Å². The summed E-state index contributed by atoms with van der Waals surface area (Å²) in [6.45, 7) is 2.37. The van der Waals surface area contributed by atoms with Crippen LogP contribution >= 0.6 is 31.9 Å². The van der Waals surface area contributed by atoms with E-state index in [0.29, 0.717) is 22.6 Å². The highest BCUT2D eigenvalue weighted by Gasteiger charge is 2.12. The Labute approximate surface area is 140 Å². The molecule has 0 amide bonds. The molecule has 0 fully saturated rings. The zero-order valence-corrected chi connectivity index (χ0v) is 14.9. The number of pyridine rings is 1. The molecule has 0 bridgehead atoms. The highest BCUT2D eigenvalue weighted by molar-refractivity contribution is 9.11. The number of nitrogens with zero attached hydrogens (tertiary/aromatic N) is 1. The number of anilines is 1. The predicted molar refractivity (Wildman–Crippen MR) is 92.5 cm³/mol. The van der Waals surface area contributed by atoms with Gasteiger partial charge in [0.15, 0.2) is 0 Å². The van der Waals surface area contributed by atoms with E-state index in [9.17, 15) is 0 Å². The molecule has 1 aromatic carbocycles. The van der Waals surface area contributed by atoms with Crippen LogP contribution in [0, 0.1) is 5.41 Å². The van der Waals surface area contributed by atoms with Gasteiger partial charge in [0.05, 0.1) is 18.5 Å². The lowest BCUT2D eigenvalue weighted by molar-refractivity contribution is 0.414. The Morgan fingerprint density at radius 3 is 2.52 bits per heavy atom. The van der Waals surface area contributed by atoms with Crippen molar-refractivity contribution in [3.8, 4) is 5.75 Å². The van der Waals surface area contributed by atoms with Crippen LogP contribution in [-0.2, 0) is 6.54 Å². The maximum absolute atomic E-state index is 7.85. The fourth-order valence-electron chi connectivity index (χ4n) is 1.86. The average molecular weight is 413 g/mol. The molecule has 0 radical (unpaired) electrons. The largest absolute Gasteiger partial charge is 0.497 e. The third kappa shape index (κ3) is 4.04. The first-order valence-electron chi connectivity index (χ1n) is 6.29. The molecule has 0 spiro atoms. The summed E-state index contributed by atoms with van der Waals surface area (Å²) in [7, 11) is 1.65. The molecule has 2 N–H and O–H groups in total. The Balaban J connectivity index is 2.20. The molecule has 4 nitrogen and oxygen atoms in total. The summed E-state index contributed by atoms with van der Waals surface area (Å²) in [6.07, 6.45) is 0. The zero-order chi connectivity index (χ0) is 15.4. The molecule has 0 atom stereocenters. The number of hydrogen-bond acceptors (Lipinski definition) is 4. The van der Waals surface area contributed by atoms with Gasteiger partial charge in [-0.15, -0.1) is 0 Å². The van der Waals surface area contributed by atoms with E-state index >= 15 is 0 Å². The number of halogens is 2. The van der Waals surface area contributed by atoms with Crippen LogP contribution in [0.15, 0.2) is 39.4 Å². The Morgan fingerprint density at radius 2 is 1.95 bits per heavy atom. The van der Waals surface area contributed by atoms with Crippen LogP contribution in [0.3, 0.4) is 0 Å². The summed E-state index contributed by atoms with van der Waals surface area (Å²) in [5.41, 5.74) is 2.99. The van der Waals surface area contributed by atoms with Crippen LogP contribution in [0.1, 0.15) is 18.2 Å². The fraction of sp³-hybridized carbons (Fsp3) is 0.200. The minimum Gasteiger partial charge on any atom is -0.497 e.